The summed E-state index contributed by atoms with van der Waals surface area (Å²) in [6, 6.07) is -0.396. The fraction of sp³-hybridized carbons (Fsp3) is 0.958. The maximum atomic E-state index is 15.1. The molecule has 0 aliphatic carbocycles. The lowest BCUT2D eigenvalue weighted by Crippen LogP contribution is -2.62. The van der Waals surface area contributed by atoms with E-state index in [9.17, 15) is 4.79 Å². The number of hydrogen-bond acceptors (Lipinski definition) is 3. The molecule has 176 valence electrons. The van der Waals surface area contributed by atoms with E-state index < -0.39 is 12.0 Å². The van der Waals surface area contributed by atoms with E-state index in [0.717, 1.165) is 51.2 Å². The number of rotatable bonds is 5. The molecule has 0 aromatic rings. The van der Waals surface area contributed by atoms with Crippen LogP contribution in [0.25, 0.3) is 0 Å². The lowest BCUT2D eigenvalue weighted by atomic mass is 9.89. The standard InChI is InChI=1S/C22H39F2N3O.C2H6/c1-4-5-18-6-11-25(12-7-18)20-10-15-27(16-22(20,23)24)19-8-13-26(14-9-19)21(28)17(2)3;1-2/h17-20H,4-16H2,1-3H3;1-2H3. The first-order chi connectivity index (χ1) is 14.3. The average molecular weight is 430 g/mol. The van der Waals surface area contributed by atoms with Crippen molar-refractivity contribution in [2.75, 3.05) is 39.3 Å². The van der Waals surface area contributed by atoms with Gasteiger partial charge in [-0.3, -0.25) is 14.6 Å². The molecule has 3 rings (SSSR count). The summed E-state index contributed by atoms with van der Waals surface area (Å²) in [4.78, 5) is 18.2. The van der Waals surface area contributed by atoms with Crippen LogP contribution in [0.4, 0.5) is 8.78 Å². The van der Waals surface area contributed by atoms with E-state index in [0.29, 0.717) is 19.5 Å². The van der Waals surface area contributed by atoms with E-state index in [1.807, 2.05) is 37.5 Å². The summed E-state index contributed by atoms with van der Waals surface area (Å²) in [6.07, 6.45) is 6.79. The topological polar surface area (TPSA) is 26.8 Å². The number of hydrogen-bond donors (Lipinski definition) is 0. The predicted octanol–water partition coefficient (Wildman–Crippen LogP) is 4.88. The van der Waals surface area contributed by atoms with E-state index in [-0.39, 0.29) is 24.4 Å². The Bertz CT molecular complexity index is 513. The largest absolute Gasteiger partial charge is 0.342 e. The molecule has 3 aliphatic heterocycles. The number of nitrogens with zero attached hydrogens (tertiary/aromatic N) is 3. The lowest BCUT2D eigenvalue weighted by molar-refractivity contribution is -0.146. The molecule has 3 saturated heterocycles. The van der Waals surface area contributed by atoms with Gasteiger partial charge in [0.25, 0.3) is 5.92 Å². The van der Waals surface area contributed by atoms with Gasteiger partial charge in [-0.25, -0.2) is 8.78 Å². The summed E-state index contributed by atoms with van der Waals surface area (Å²) >= 11 is 0. The number of carbonyl (C=O) groups excluding carboxylic acids is 1. The molecular formula is C24H45F2N3O. The summed E-state index contributed by atoms with van der Waals surface area (Å²) < 4.78 is 30.1. The van der Waals surface area contributed by atoms with Crippen LogP contribution >= 0.6 is 0 Å². The Kier molecular flexibility index (Phi) is 9.99. The van der Waals surface area contributed by atoms with Gasteiger partial charge in [0, 0.05) is 31.6 Å². The number of likely N-dealkylation sites (tertiary alicyclic amines) is 3. The third kappa shape index (κ3) is 6.38. The van der Waals surface area contributed by atoms with Crippen molar-refractivity contribution in [2.24, 2.45) is 11.8 Å². The van der Waals surface area contributed by atoms with Crippen molar-refractivity contribution in [1.82, 2.24) is 14.7 Å². The van der Waals surface area contributed by atoms with Crippen molar-refractivity contribution in [3.05, 3.63) is 0 Å². The van der Waals surface area contributed by atoms with Gasteiger partial charge in [-0.05, 0) is 51.1 Å². The highest BCUT2D eigenvalue weighted by Gasteiger charge is 2.49. The Morgan fingerprint density at radius 1 is 0.933 bits per heavy atom. The van der Waals surface area contributed by atoms with Gasteiger partial charge >= 0.3 is 0 Å². The fourth-order valence-corrected chi connectivity index (χ4v) is 5.49. The molecule has 1 amide bonds. The quantitative estimate of drug-likeness (QED) is 0.623. The van der Waals surface area contributed by atoms with E-state index in [1.165, 1.54) is 12.8 Å². The van der Waals surface area contributed by atoms with E-state index >= 15 is 8.78 Å². The molecule has 30 heavy (non-hydrogen) atoms. The second-order valence-corrected chi connectivity index (χ2v) is 9.52. The van der Waals surface area contributed by atoms with Crippen molar-refractivity contribution in [1.29, 1.82) is 0 Å². The number of halogens is 2. The van der Waals surface area contributed by atoms with Crippen LogP contribution in [0.2, 0.25) is 0 Å². The van der Waals surface area contributed by atoms with E-state index in [1.54, 1.807) is 0 Å². The highest BCUT2D eigenvalue weighted by atomic mass is 19.3. The van der Waals surface area contributed by atoms with Crippen molar-refractivity contribution in [2.45, 2.75) is 97.6 Å². The van der Waals surface area contributed by atoms with Crippen LogP contribution in [-0.2, 0) is 4.79 Å². The van der Waals surface area contributed by atoms with Gasteiger partial charge in [0.1, 0.15) is 0 Å². The summed E-state index contributed by atoms with van der Waals surface area (Å²) in [5.74, 6) is -1.71. The Labute approximate surface area is 183 Å². The zero-order chi connectivity index (χ0) is 22.3. The molecule has 0 aromatic carbocycles. The summed E-state index contributed by atoms with van der Waals surface area (Å²) in [5.41, 5.74) is 0. The minimum atomic E-state index is -2.64. The summed E-state index contributed by atoms with van der Waals surface area (Å²) in [6.45, 7) is 13.8. The Morgan fingerprint density at radius 3 is 2.00 bits per heavy atom. The smallest absolute Gasteiger partial charge is 0.275 e. The zero-order valence-corrected chi connectivity index (χ0v) is 20.0. The highest BCUT2D eigenvalue weighted by molar-refractivity contribution is 5.78. The fourth-order valence-electron chi connectivity index (χ4n) is 5.49. The molecule has 0 spiro atoms. The Morgan fingerprint density at radius 2 is 1.50 bits per heavy atom. The third-order valence-corrected chi connectivity index (χ3v) is 7.16. The van der Waals surface area contributed by atoms with Gasteiger partial charge in [0.15, 0.2) is 0 Å². The molecule has 4 nitrogen and oxygen atoms in total. The monoisotopic (exact) mass is 429 g/mol. The van der Waals surface area contributed by atoms with Crippen molar-refractivity contribution < 1.29 is 13.6 Å². The first-order valence-corrected chi connectivity index (χ1v) is 12.5. The molecule has 6 heteroatoms. The SMILES string of the molecule is CC.CCCC1CCN(C2CCN(C3CCN(C(=O)C(C)C)CC3)CC2(F)F)CC1. The first-order valence-electron chi connectivity index (χ1n) is 12.5. The van der Waals surface area contributed by atoms with Crippen LogP contribution in [0.5, 0.6) is 0 Å². The number of carbonyl (C=O) groups is 1. The molecule has 0 aromatic heterocycles. The minimum absolute atomic E-state index is 0.0121. The van der Waals surface area contributed by atoms with Gasteiger partial charge in [-0.15, -0.1) is 0 Å². The van der Waals surface area contributed by atoms with Crippen LogP contribution in [-0.4, -0.2) is 77.9 Å². The van der Waals surface area contributed by atoms with Gasteiger partial charge in [0.05, 0.1) is 12.6 Å². The highest BCUT2D eigenvalue weighted by Crippen LogP contribution is 2.36. The van der Waals surface area contributed by atoms with Crippen LogP contribution < -0.4 is 0 Å². The van der Waals surface area contributed by atoms with Gasteiger partial charge in [0.2, 0.25) is 5.91 Å². The molecule has 0 saturated carbocycles. The molecule has 1 unspecified atom stereocenters. The molecule has 3 aliphatic rings. The molecular weight excluding hydrogens is 384 g/mol. The third-order valence-electron chi connectivity index (χ3n) is 7.16. The Balaban J connectivity index is 0.00000155. The van der Waals surface area contributed by atoms with E-state index in [2.05, 4.69) is 11.8 Å². The molecule has 0 bridgehead atoms. The van der Waals surface area contributed by atoms with Crippen molar-refractivity contribution in [3.8, 4) is 0 Å². The molecule has 3 heterocycles. The second kappa shape index (κ2) is 11.8. The number of piperidine rings is 3. The van der Waals surface area contributed by atoms with Crippen LogP contribution in [0.3, 0.4) is 0 Å². The Hall–Kier alpha value is -0.750. The average Bonchev–Trinajstić information content (AvgIpc) is 2.75. The lowest BCUT2D eigenvalue weighted by Gasteiger charge is -2.48. The van der Waals surface area contributed by atoms with Crippen LogP contribution in [0, 0.1) is 11.8 Å². The summed E-state index contributed by atoms with van der Waals surface area (Å²) in [5, 5.41) is 0. The number of amides is 1. The molecule has 3 fully saturated rings. The first kappa shape index (κ1) is 25.5. The van der Waals surface area contributed by atoms with Gasteiger partial charge in [-0.1, -0.05) is 47.5 Å². The maximum absolute atomic E-state index is 15.1. The van der Waals surface area contributed by atoms with Crippen LogP contribution in [0.15, 0.2) is 0 Å². The second-order valence-electron chi connectivity index (χ2n) is 9.52. The van der Waals surface area contributed by atoms with E-state index in [4.69, 9.17) is 0 Å². The normalized spacial score (nSPS) is 27.1. The molecule has 0 N–H and O–H groups in total. The predicted molar refractivity (Wildman–Crippen MR) is 120 cm³/mol. The van der Waals surface area contributed by atoms with Gasteiger partial charge in [-0.2, -0.15) is 0 Å². The zero-order valence-electron chi connectivity index (χ0n) is 20.0. The molecule has 1 atom stereocenters. The minimum Gasteiger partial charge on any atom is -0.342 e. The number of alkyl halides is 2. The molecule has 0 radical (unpaired) electrons. The van der Waals surface area contributed by atoms with Crippen LogP contribution in [0.1, 0.15) is 79.6 Å². The van der Waals surface area contributed by atoms with Crippen molar-refractivity contribution >= 4 is 5.91 Å². The van der Waals surface area contributed by atoms with Gasteiger partial charge < -0.3 is 4.90 Å². The maximum Gasteiger partial charge on any atom is 0.275 e. The summed E-state index contributed by atoms with van der Waals surface area (Å²) in [7, 11) is 0. The van der Waals surface area contributed by atoms with Crippen molar-refractivity contribution in [3.63, 3.8) is 0 Å².